The maximum absolute atomic E-state index is 12.0. The molecule has 1 aliphatic rings. The van der Waals surface area contributed by atoms with E-state index in [1.165, 1.54) is 11.1 Å². The van der Waals surface area contributed by atoms with E-state index in [0.29, 0.717) is 18.9 Å². The van der Waals surface area contributed by atoms with Gasteiger partial charge in [0.25, 0.3) is 0 Å². The molecule has 0 radical (unpaired) electrons. The van der Waals surface area contributed by atoms with Crippen LogP contribution < -0.4 is 0 Å². The van der Waals surface area contributed by atoms with Crippen molar-refractivity contribution in [2.24, 2.45) is 5.92 Å². The zero-order valence-corrected chi connectivity index (χ0v) is 17.0. The van der Waals surface area contributed by atoms with Crippen LogP contribution >= 0.6 is 23.2 Å². The molecule has 0 aliphatic carbocycles. The topological polar surface area (TPSA) is 29.5 Å². The van der Waals surface area contributed by atoms with Crippen molar-refractivity contribution in [2.75, 3.05) is 19.7 Å². The first-order chi connectivity index (χ1) is 13.0. The second-order valence-corrected chi connectivity index (χ2v) is 8.05. The number of nitrogens with zero attached hydrogens (tertiary/aromatic N) is 1. The zero-order valence-electron chi connectivity index (χ0n) is 15.5. The molecule has 1 aliphatic heterocycles. The number of ether oxygens (including phenoxy) is 1. The van der Waals surface area contributed by atoms with Crippen molar-refractivity contribution in [1.82, 2.24) is 4.90 Å². The van der Waals surface area contributed by atoms with Crippen LogP contribution in [0, 0.1) is 5.92 Å². The molecule has 0 aromatic heterocycles. The summed E-state index contributed by atoms with van der Waals surface area (Å²) in [6.07, 6.45) is 1.45. The van der Waals surface area contributed by atoms with Gasteiger partial charge in [-0.1, -0.05) is 47.5 Å². The Labute approximate surface area is 171 Å². The number of hydrogen-bond acceptors (Lipinski definition) is 3. The summed E-state index contributed by atoms with van der Waals surface area (Å²) >= 11 is 12.1. The summed E-state index contributed by atoms with van der Waals surface area (Å²) in [7, 11) is 0. The first kappa shape index (κ1) is 20.2. The lowest BCUT2D eigenvalue weighted by Gasteiger charge is -2.38. The number of esters is 1. The molecule has 27 heavy (non-hydrogen) atoms. The van der Waals surface area contributed by atoms with Gasteiger partial charge in [-0.05, 0) is 60.6 Å². The van der Waals surface area contributed by atoms with Crippen LogP contribution in [0.5, 0.6) is 0 Å². The predicted octanol–water partition coefficient (Wildman–Crippen LogP) is 5.55. The monoisotopic (exact) mass is 405 g/mol. The number of carbonyl (C=O) groups excluding carboxylic acids is 1. The molecular formula is C22H25Cl2NO2. The fourth-order valence-electron chi connectivity index (χ4n) is 3.86. The standard InChI is InChI=1S/C22H25Cl2NO2/c1-2-27-22(26)12-17-11-19(18-5-9-21(24)10-6-18)15-25(14-17)13-16-3-7-20(23)8-4-16/h3-10,17,19H,2,11-15H2,1H3/t17-,19+/m1/s1. The number of rotatable bonds is 6. The van der Waals surface area contributed by atoms with Gasteiger partial charge >= 0.3 is 5.97 Å². The fraction of sp³-hybridized carbons (Fsp3) is 0.409. The number of carbonyl (C=O) groups is 1. The third kappa shape index (κ3) is 5.97. The van der Waals surface area contributed by atoms with Gasteiger partial charge in [0, 0.05) is 36.1 Å². The van der Waals surface area contributed by atoms with Gasteiger partial charge in [0.05, 0.1) is 6.61 Å². The van der Waals surface area contributed by atoms with Crippen LogP contribution in [0.15, 0.2) is 48.5 Å². The lowest BCUT2D eigenvalue weighted by Crippen LogP contribution is -2.40. The minimum Gasteiger partial charge on any atom is -0.466 e. The maximum atomic E-state index is 12.0. The Hall–Kier alpha value is -1.55. The number of halogens is 2. The highest BCUT2D eigenvalue weighted by atomic mass is 35.5. The summed E-state index contributed by atoms with van der Waals surface area (Å²) in [6, 6.07) is 16.1. The Bertz CT molecular complexity index is 746. The highest BCUT2D eigenvalue weighted by Crippen LogP contribution is 2.33. The second kappa shape index (κ2) is 9.59. The van der Waals surface area contributed by atoms with E-state index in [1.54, 1.807) is 0 Å². The van der Waals surface area contributed by atoms with Crippen molar-refractivity contribution in [3.63, 3.8) is 0 Å². The molecule has 0 amide bonds. The molecule has 0 unspecified atom stereocenters. The summed E-state index contributed by atoms with van der Waals surface area (Å²) in [6.45, 7) is 4.98. The van der Waals surface area contributed by atoms with Crippen LogP contribution in [0.1, 0.15) is 36.8 Å². The number of benzene rings is 2. The highest BCUT2D eigenvalue weighted by Gasteiger charge is 2.30. The Morgan fingerprint density at radius 2 is 1.67 bits per heavy atom. The molecule has 0 spiro atoms. The third-order valence-electron chi connectivity index (χ3n) is 5.03. The summed E-state index contributed by atoms with van der Waals surface area (Å²) in [5.41, 5.74) is 2.50. The predicted molar refractivity (Wildman–Crippen MR) is 110 cm³/mol. The minimum atomic E-state index is -0.106. The molecule has 2 aromatic carbocycles. The first-order valence-electron chi connectivity index (χ1n) is 9.41. The largest absolute Gasteiger partial charge is 0.466 e. The minimum absolute atomic E-state index is 0.106. The van der Waals surface area contributed by atoms with Crippen LogP contribution in [-0.4, -0.2) is 30.6 Å². The van der Waals surface area contributed by atoms with Crippen molar-refractivity contribution >= 4 is 29.2 Å². The van der Waals surface area contributed by atoms with Crippen molar-refractivity contribution in [3.8, 4) is 0 Å². The van der Waals surface area contributed by atoms with E-state index < -0.39 is 0 Å². The molecule has 0 N–H and O–H groups in total. The molecule has 0 saturated carbocycles. The highest BCUT2D eigenvalue weighted by molar-refractivity contribution is 6.30. The van der Waals surface area contributed by atoms with Crippen molar-refractivity contribution in [1.29, 1.82) is 0 Å². The van der Waals surface area contributed by atoms with Gasteiger partial charge in [0.1, 0.15) is 0 Å². The summed E-state index contributed by atoms with van der Waals surface area (Å²) in [4.78, 5) is 14.5. The van der Waals surface area contributed by atoms with E-state index >= 15 is 0 Å². The Balaban J connectivity index is 1.74. The van der Waals surface area contributed by atoms with E-state index in [2.05, 4.69) is 29.2 Å². The molecule has 1 heterocycles. The van der Waals surface area contributed by atoms with Crippen molar-refractivity contribution in [2.45, 2.75) is 32.2 Å². The SMILES string of the molecule is CCOC(=O)C[C@H]1C[C@H](c2ccc(Cl)cc2)CN(Cc2ccc(Cl)cc2)C1. The molecule has 2 atom stereocenters. The summed E-state index contributed by atoms with van der Waals surface area (Å²) in [5.74, 6) is 0.555. The lowest BCUT2D eigenvalue weighted by molar-refractivity contribution is -0.144. The molecule has 1 saturated heterocycles. The van der Waals surface area contributed by atoms with E-state index in [0.717, 1.165) is 36.1 Å². The van der Waals surface area contributed by atoms with Gasteiger partial charge in [0.2, 0.25) is 0 Å². The van der Waals surface area contributed by atoms with Gasteiger partial charge in [-0.3, -0.25) is 9.69 Å². The van der Waals surface area contributed by atoms with Gasteiger partial charge < -0.3 is 4.74 Å². The smallest absolute Gasteiger partial charge is 0.306 e. The second-order valence-electron chi connectivity index (χ2n) is 7.18. The van der Waals surface area contributed by atoms with Crippen LogP contribution in [0.3, 0.4) is 0 Å². The van der Waals surface area contributed by atoms with E-state index in [-0.39, 0.29) is 11.9 Å². The van der Waals surface area contributed by atoms with Gasteiger partial charge in [-0.2, -0.15) is 0 Å². The quantitative estimate of drug-likeness (QED) is 0.589. The maximum Gasteiger partial charge on any atom is 0.306 e. The van der Waals surface area contributed by atoms with Gasteiger partial charge in [-0.15, -0.1) is 0 Å². The average molecular weight is 406 g/mol. The summed E-state index contributed by atoms with van der Waals surface area (Å²) < 4.78 is 5.18. The molecule has 0 bridgehead atoms. The van der Waals surface area contributed by atoms with Crippen molar-refractivity contribution < 1.29 is 9.53 Å². The number of hydrogen-bond donors (Lipinski definition) is 0. The van der Waals surface area contributed by atoms with Crippen molar-refractivity contribution in [3.05, 3.63) is 69.7 Å². The Morgan fingerprint density at radius 1 is 1.04 bits per heavy atom. The Morgan fingerprint density at radius 3 is 2.30 bits per heavy atom. The van der Waals surface area contributed by atoms with Crippen LogP contribution in [-0.2, 0) is 16.1 Å². The van der Waals surface area contributed by atoms with Gasteiger partial charge in [0.15, 0.2) is 0 Å². The molecule has 2 aromatic rings. The third-order valence-corrected chi connectivity index (χ3v) is 5.54. The molecule has 5 heteroatoms. The Kier molecular flexibility index (Phi) is 7.17. The fourth-order valence-corrected chi connectivity index (χ4v) is 4.11. The van der Waals surface area contributed by atoms with E-state index in [1.807, 2.05) is 31.2 Å². The molecular weight excluding hydrogens is 381 g/mol. The van der Waals surface area contributed by atoms with Crippen LogP contribution in [0.25, 0.3) is 0 Å². The van der Waals surface area contributed by atoms with Crippen LogP contribution in [0.4, 0.5) is 0 Å². The number of piperidine rings is 1. The van der Waals surface area contributed by atoms with Gasteiger partial charge in [-0.25, -0.2) is 0 Å². The molecule has 3 nitrogen and oxygen atoms in total. The average Bonchev–Trinajstić information content (AvgIpc) is 2.64. The first-order valence-corrected chi connectivity index (χ1v) is 10.2. The molecule has 144 valence electrons. The van der Waals surface area contributed by atoms with Crippen LogP contribution in [0.2, 0.25) is 10.0 Å². The summed E-state index contributed by atoms with van der Waals surface area (Å²) in [5, 5.41) is 1.49. The normalized spacial score (nSPS) is 20.4. The van der Waals surface area contributed by atoms with E-state index in [9.17, 15) is 4.79 Å². The molecule has 3 rings (SSSR count). The number of likely N-dealkylation sites (tertiary alicyclic amines) is 1. The van der Waals surface area contributed by atoms with E-state index in [4.69, 9.17) is 27.9 Å². The molecule has 1 fully saturated rings. The lowest BCUT2D eigenvalue weighted by atomic mass is 9.83. The zero-order chi connectivity index (χ0) is 19.2.